The molecule has 0 bridgehead atoms. The highest BCUT2D eigenvalue weighted by Gasteiger charge is 2.37. The number of hydrogen-bond acceptors (Lipinski definition) is 2. The van der Waals surface area contributed by atoms with E-state index < -0.39 is 26.7 Å². The number of halogens is 4. The molecule has 0 saturated carbocycles. The average molecular weight is 389 g/mol. The molecule has 0 aliphatic rings. The number of aryl methyl sites for hydroxylation is 1. The van der Waals surface area contributed by atoms with Crippen molar-refractivity contribution in [2.24, 2.45) is 0 Å². The number of aromatic amines is 1. The first kappa shape index (κ1) is 17.6. The molecule has 0 saturated heterocycles. The molecule has 0 atom stereocenters. The van der Waals surface area contributed by atoms with Gasteiger partial charge in [-0.3, -0.25) is 4.72 Å². The normalized spacial score (nSPS) is 12.5. The van der Waals surface area contributed by atoms with Crippen LogP contribution in [-0.4, -0.2) is 13.4 Å². The lowest BCUT2D eigenvalue weighted by atomic mass is 10.2. The van der Waals surface area contributed by atoms with Crippen molar-refractivity contribution >= 4 is 38.2 Å². The Bertz CT molecular complexity index is 1060. The predicted molar refractivity (Wildman–Crippen MR) is 90.3 cm³/mol. The highest BCUT2D eigenvalue weighted by molar-refractivity contribution is 7.92. The Morgan fingerprint density at radius 2 is 1.80 bits per heavy atom. The van der Waals surface area contributed by atoms with Gasteiger partial charge in [-0.05, 0) is 49.4 Å². The van der Waals surface area contributed by atoms with E-state index in [1.54, 1.807) is 18.2 Å². The molecule has 1 heterocycles. The summed E-state index contributed by atoms with van der Waals surface area (Å²) in [6, 6.07) is 8.99. The first-order chi connectivity index (χ1) is 11.6. The van der Waals surface area contributed by atoms with Crippen LogP contribution in [0.25, 0.3) is 10.9 Å². The van der Waals surface area contributed by atoms with Gasteiger partial charge in [0.15, 0.2) is 0 Å². The molecule has 0 spiro atoms. The van der Waals surface area contributed by atoms with Gasteiger partial charge >= 0.3 is 6.18 Å². The van der Waals surface area contributed by atoms with Gasteiger partial charge in [0.05, 0.1) is 10.5 Å². The molecule has 0 amide bonds. The van der Waals surface area contributed by atoms with Gasteiger partial charge in [-0.2, -0.15) is 13.2 Å². The van der Waals surface area contributed by atoms with Crippen molar-refractivity contribution in [1.82, 2.24) is 4.98 Å². The molecule has 4 nitrogen and oxygen atoms in total. The summed E-state index contributed by atoms with van der Waals surface area (Å²) in [4.78, 5) is 2.19. The first-order valence-electron chi connectivity index (χ1n) is 7.05. The fraction of sp³-hybridized carbons (Fsp3) is 0.125. The van der Waals surface area contributed by atoms with Crippen LogP contribution < -0.4 is 4.72 Å². The van der Waals surface area contributed by atoms with Gasteiger partial charge in [0, 0.05) is 27.3 Å². The zero-order chi connectivity index (χ0) is 18.4. The first-order valence-corrected chi connectivity index (χ1v) is 8.91. The van der Waals surface area contributed by atoms with Crippen LogP contribution in [-0.2, 0) is 16.2 Å². The number of fused-ring (bicyclic) bond motifs is 1. The van der Waals surface area contributed by atoms with Crippen LogP contribution in [0.4, 0.5) is 18.9 Å². The number of rotatable bonds is 3. The summed E-state index contributed by atoms with van der Waals surface area (Å²) in [6.07, 6.45) is -4.85. The summed E-state index contributed by atoms with van der Waals surface area (Å²) in [7, 11) is -4.44. The minimum Gasteiger partial charge on any atom is -0.359 e. The van der Waals surface area contributed by atoms with Crippen LogP contribution in [0.1, 0.15) is 11.3 Å². The molecule has 0 radical (unpaired) electrons. The molecule has 0 unspecified atom stereocenters. The van der Waals surface area contributed by atoms with Gasteiger partial charge in [0.25, 0.3) is 10.0 Å². The van der Waals surface area contributed by atoms with Gasteiger partial charge in [0.2, 0.25) is 0 Å². The number of sulfonamides is 1. The third-order valence-corrected chi connectivity index (χ3v) is 5.22. The third-order valence-electron chi connectivity index (χ3n) is 3.54. The molecule has 0 aliphatic heterocycles. The molecule has 132 valence electrons. The van der Waals surface area contributed by atoms with E-state index in [4.69, 9.17) is 11.6 Å². The van der Waals surface area contributed by atoms with E-state index in [1.165, 1.54) is 6.07 Å². The number of alkyl halides is 3. The van der Waals surface area contributed by atoms with Gasteiger partial charge < -0.3 is 4.98 Å². The molecule has 3 rings (SSSR count). The van der Waals surface area contributed by atoms with Crippen LogP contribution in [0.5, 0.6) is 0 Å². The van der Waals surface area contributed by atoms with Crippen LogP contribution in [0, 0.1) is 6.92 Å². The number of nitrogens with one attached hydrogen (secondary N) is 2. The minimum absolute atomic E-state index is 0.162. The van der Waals surface area contributed by atoms with E-state index in [2.05, 4.69) is 9.71 Å². The maximum absolute atomic E-state index is 13.2. The molecule has 2 aromatic carbocycles. The van der Waals surface area contributed by atoms with Crippen molar-refractivity contribution < 1.29 is 21.6 Å². The van der Waals surface area contributed by atoms with E-state index in [1.807, 2.05) is 6.92 Å². The SMILES string of the molecule is Cc1cc2cc(NS(=O)(=O)c3ccc(Cl)cc3C(F)(F)F)ccc2[nH]1. The fourth-order valence-corrected chi connectivity index (χ4v) is 3.94. The van der Waals surface area contributed by atoms with Crippen LogP contribution in [0.3, 0.4) is 0 Å². The molecule has 1 aromatic heterocycles. The maximum atomic E-state index is 13.2. The zero-order valence-corrected chi connectivity index (χ0v) is 14.4. The zero-order valence-electron chi connectivity index (χ0n) is 12.8. The molecular weight excluding hydrogens is 377 g/mol. The van der Waals surface area contributed by atoms with Gasteiger partial charge in [-0.1, -0.05) is 11.6 Å². The average Bonchev–Trinajstić information content (AvgIpc) is 2.85. The quantitative estimate of drug-likeness (QED) is 0.667. The second kappa shape index (κ2) is 5.96. The lowest BCUT2D eigenvalue weighted by molar-refractivity contribution is -0.139. The monoisotopic (exact) mass is 388 g/mol. The maximum Gasteiger partial charge on any atom is 0.417 e. The van der Waals surface area contributed by atoms with Gasteiger partial charge in [-0.15, -0.1) is 0 Å². The Balaban J connectivity index is 2.04. The molecule has 0 fully saturated rings. The van der Waals surface area contributed by atoms with Crippen LogP contribution in [0.15, 0.2) is 47.4 Å². The number of aromatic nitrogens is 1. The number of hydrogen-bond donors (Lipinski definition) is 2. The lowest BCUT2D eigenvalue weighted by Gasteiger charge is -2.15. The Morgan fingerprint density at radius 1 is 1.08 bits per heavy atom. The van der Waals surface area contributed by atoms with Gasteiger partial charge in [-0.25, -0.2) is 8.42 Å². The summed E-state index contributed by atoms with van der Waals surface area (Å²) in [5, 5.41) is 0.542. The topological polar surface area (TPSA) is 62.0 Å². The minimum atomic E-state index is -4.85. The van der Waals surface area contributed by atoms with Gasteiger partial charge in [0.1, 0.15) is 0 Å². The predicted octanol–water partition coefficient (Wildman–Crippen LogP) is 4.95. The molecular formula is C16H12ClF3N2O2S. The van der Waals surface area contributed by atoms with E-state index >= 15 is 0 Å². The summed E-state index contributed by atoms with van der Waals surface area (Å²) >= 11 is 5.58. The number of anilines is 1. The van der Waals surface area contributed by atoms with E-state index in [0.29, 0.717) is 6.07 Å². The van der Waals surface area contributed by atoms with Crippen molar-refractivity contribution in [3.8, 4) is 0 Å². The largest absolute Gasteiger partial charge is 0.417 e. The fourth-order valence-electron chi connectivity index (χ4n) is 2.51. The smallest absolute Gasteiger partial charge is 0.359 e. The molecule has 0 aliphatic carbocycles. The standard InChI is InChI=1S/C16H12ClF3N2O2S/c1-9-6-10-7-12(3-4-14(10)21-9)22-25(23,24)15-5-2-11(17)8-13(15)16(18,19)20/h2-8,21-22H,1H3. The van der Waals surface area contributed by atoms with Crippen molar-refractivity contribution in [3.05, 3.63) is 58.7 Å². The van der Waals surface area contributed by atoms with Crippen molar-refractivity contribution in [1.29, 1.82) is 0 Å². The lowest BCUT2D eigenvalue weighted by Crippen LogP contribution is -2.19. The summed E-state index contributed by atoms with van der Waals surface area (Å²) in [5.74, 6) is 0. The van der Waals surface area contributed by atoms with Crippen LogP contribution in [0.2, 0.25) is 5.02 Å². The van der Waals surface area contributed by atoms with Crippen LogP contribution >= 0.6 is 11.6 Å². The van der Waals surface area contributed by atoms with Crippen molar-refractivity contribution in [2.45, 2.75) is 18.0 Å². The Labute approximate surface area is 146 Å². The highest BCUT2D eigenvalue weighted by Crippen LogP contribution is 2.36. The van der Waals surface area contributed by atoms with E-state index in [-0.39, 0.29) is 10.7 Å². The van der Waals surface area contributed by atoms with Crippen molar-refractivity contribution in [3.63, 3.8) is 0 Å². The summed E-state index contributed by atoms with van der Waals surface area (Å²) in [5.41, 5.74) is 0.524. The molecule has 3 aromatic rings. The molecule has 25 heavy (non-hydrogen) atoms. The number of H-pyrrole nitrogens is 1. The Morgan fingerprint density at radius 3 is 2.48 bits per heavy atom. The third kappa shape index (κ3) is 3.59. The number of benzene rings is 2. The summed E-state index contributed by atoms with van der Waals surface area (Å²) in [6.45, 7) is 1.84. The van der Waals surface area contributed by atoms with Crippen molar-refractivity contribution in [2.75, 3.05) is 4.72 Å². The molecule has 2 N–H and O–H groups in total. The second-order valence-electron chi connectivity index (χ2n) is 5.50. The van der Waals surface area contributed by atoms with E-state index in [0.717, 1.165) is 28.7 Å². The molecule has 9 heteroatoms. The summed E-state index contributed by atoms with van der Waals surface area (Å²) < 4.78 is 66.6. The van der Waals surface area contributed by atoms with E-state index in [9.17, 15) is 21.6 Å². The Hall–Kier alpha value is -2.19. The highest BCUT2D eigenvalue weighted by atomic mass is 35.5. The second-order valence-corrected chi connectivity index (χ2v) is 7.59. The Kier molecular flexibility index (Phi) is 4.20.